The molecule has 3 aromatic rings. The number of aromatic nitrogens is 1. The summed E-state index contributed by atoms with van der Waals surface area (Å²) in [6, 6.07) is 9.88. The van der Waals surface area contributed by atoms with Crippen molar-refractivity contribution in [2.45, 2.75) is 6.92 Å². The van der Waals surface area contributed by atoms with Crippen molar-refractivity contribution in [2.75, 3.05) is 5.73 Å². The van der Waals surface area contributed by atoms with E-state index in [0.29, 0.717) is 17.2 Å². The molecule has 2 aromatic carbocycles. The molecule has 1 aromatic heterocycles. The van der Waals surface area contributed by atoms with Gasteiger partial charge in [0, 0.05) is 10.0 Å². The van der Waals surface area contributed by atoms with Crippen LogP contribution in [0, 0.1) is 6.92 Å². The van der Waals surface area contributed by atoms with Gasteiger partial charge in [0.1, 0.15) is 5.52 Å². The molecular formula is C14H10Br2N2O. The fourth-order valence-electron chi connectivity index (χ4n) is 1.83. The topological polar surface area (TPSA) is 52.0 Å². The van der Waals surface area contributed by atoms with Gasteiger partial charge >= 0.3 is 0 Å². The second kappa shape index (κ2) is 4.65. The van der Waals surface area contributed by atoms with Gasteiger partial charge in [-0.05, 0) is 57.0 Å². The number of fused-ring (bicyclic) bond motifs is 1. The molecule has 0 aliphatic carbocycles. The fourth-order valence-corrected chi connectivity index (χ4v) is 3.00. The van der Waals surface area contributed by atoms with Crippen LogP contribution in [0.3, 0.4) is 0 Å². The van der Waals surface area contributed by atoms with Crippen molar-refractivity contribution in [3.05, 3.63) is 44.8 Å². The Labute approximate surface area is 127 Å². The van der Waals surface area contributed by atoms with Crippen molar-refractivity contribution in [3.8, 4) is 11.5 Å². The lowest BCUT2D eigenvalue weighted by molar-refractivity contribution is 0.619. The Bertz CT molecular complexity index is 763. The van der Waals surface area contributed by atoms with E-state index in [9.17, 15) is 0 Å². The highest BCUT2D eigenvalue weighted by Crippen LogP contribution is 2.37. The van der Waals surface area contributed by atoms with Gasteiger partial charge in [-0.1, -0.05) is 17.7 Å². The number of nitrogens with two attached hydrogens (primary N) is 1. The number of anilines is 1. The van der Waals surface area contributed by atoms with E-state index >= 15 is 0 Å². The first kappa shape index (κ1) is 12.7. The minimum absolute atomic E-state index is 0.591. The second-order valence-corrected chi connectivity index (χ2v) is 5.97. The molecule has 0 atom stereocenters. The smallest absolute Gasteiger partial charge is 0.227 e. The lowest BCUT2D eigenvalue weighted by Gasteiger charge is -1.99. The predicted octanol–water partition coefficient (Wildman–Crippen LogP) is 4.91. The zero-order chi connectivity index (χ0) is 13.6. The van der Waals surface area contributed by atoms with Gasteiger partial charge in [-0.2, -0.15) is 0 Å². The van der Waals surface area contributed by atoms with E-state index in [-0.39, 0.29) is 0 Å². The third kappa shape index (κ3) is 2.17. The summed E-state index contributed by atoms with van der Waals surface area (Å²) in [5, 5.41) is 0. The molecule has 0 spiro atoms. The number of rotatable bonds is 1. The molecular weight excluding hydrogens is 372 g/mol. The first-order valence-corrected chi connectivity index (χ1v) is 7.26. The molecule has 0 aliphatic rings. The molecule has 3 rings (SSSR count). The molecule has 5 heteroatoms. The molecule has 2 N–H and O–H groups in total. The summed E-state index contributed by atoms with van der Waals surface area (Å²) in [5.74, 6) is 0.591. The van der Waals surface area contributed by atoms with Crippen molar-refractivity contribution in [2.24, 2.45) is 0 Å². The van der Waals surface area contributed by atoms with Crippen LogP contribution in [0.25, 0.3) is 22.6 Å². The van der Waals surface area contributed by atoms with Crippen LogP contribution < -0.4 is 5.73 Å². The van der Waals surface area contributed by atoms with Crippen LogP contribution in [-0.2, 0) is 0 Å². The van der Waals surface area contributed by atoms with Crippen LogP contribution in [-0.4, -0.2) is 4.98 Å². The Kier molecular flexibility index (Phi) is 3.11. The van der Waals surface area contributed by atoms with Gasteiger partial charge in [-0.15, -0.1) is 0 Å². The maximum absolute atomic E-state index is 5.94. The molecule has 0 unspecified atom stereocenters. The highest BCUT2D eigenvalue weighted by molar-refractivity contribution is 9.11. The Hall–Kier alpha value is -1.33. The van der Waals surface area contributed by atoms with Crippen LogP contribution >= 0.6 is 31.9 Å². The van der Waals surface area contributed by atoms with Gasteiger partial charge in [0.05, 0.1) is 10.2 Å². The zero-order valence-electron chi connectivity index (χ0n) is 10.1. The van der Waals surface area contributed by atoms with Crippen molar-refractivity contribution in [1.29, 1.82) is 0 Å². The van der Waals surface area contributed by atoms with Crippen molar-refractivity contribution >= 4 is 48.6 Å². The summed E-state index contributed by atoms with van der Waals surface area (Å²) in [4.78, 5) is 4.50. The molecule has 0 saturated heterocycles. The van der Waals surface area contributed by atoms with Gasteiger partial charge in [0.25, 0.3) is 0 Å². The quantitative estimate of drug-likeness (QED) is 0.609. The number of halogens is 2. The molecule has 0 saturated carbocycles. The highest BCUT2D eigenvalue weighted by atomic mass is 79.9. The Morgan fingerprint density at radius 3 is 2.53 bits per heavy atom. The minimum atomic E-state index is 0.591. The average molecular weight is 382 g/mol. The number of oxazole rings is 1. The lowest BCUT2D eigenvalue weighted by atomic mass is 10.1. The van der Waals surface area contributed by atoms with E-state index < -0.39 is 0 Å². The summed E-state index contributed by atoms with van der Waals surface area (Å²) >= 11 is 6.85. The third-order valence-electron chi connectivity index (χ3n) is 2.91. The Morgan fingerprint density at radius 2 is 1.84 bits per heavy atom. The van der Waals surface area contributed by atoms with E-state index in [1.807, 2.05) is 37.3 Å². The maximum atomic E-state index is 5.94. The van der Waals surface area contributed by atoms with Gasteiger partial charge in [0.2, 0.25) is 5.89 Å². The molecule has 1 heterocycles. The van der Waals surface area contributed by atoms with Crippen LogP contribution in [0.5, 0.6) is 0 Å². The number of hydrogen-bond donors (Lipinski definition) is 1. The largest absolute Gasteiger partial charge is 0.436 e. The first-order valence-electron chi connectivity index (χ1n) is 5.67. The molecule has 0 radical (unpaired) electrons. The van der Waals surface area contributed by atoms with Gasteiger partial charge in [0.15, 0.2) is 5.58 Å². The number of hydrogen-bond acceptors (Lipinski definition) is 3. The van der Waals surface area contributed by atoms with Gasteiger partial charge in [-0.3, -0.25) is 0 Å². The van der Waals surface area contributed by atoms with E-state index in [1.54, 1.807) is 0 Å². The van der Waals surface area contributed by atoms with Gasteiger partial charge < -0.3 is 10.2 Å². The first-order chi connectivity index (χ1) is 9.06. The standard InChI is InChI=1S/C14H10Br2N2O/c1-7-2-4-8(5-3-7)14-18-13-10(19-14)6-9(15)12(17)11(13)16/h2-6H,17H2,1H3. The molecule has 0 amide bonds. The summed E-state index contributed by atoms with van der Waals surface area (Å²) < 4.78 is 7.32. The van der Waals surface area contributed by atoms with Crippen LogP contribution in [0.4, 0.5) is 5.69 Å². The Morgan fingerprint density at radius 1 is 1.16 bits per heavy atom. The fraction of sp³-hybridized carbons (Fsp3) is 0.0714. The van der Waals surface area contributed by atoms with Crippen LogP contribution in [0.2, 0.25) is 0 Å². The van der Waals surface area contributed by atoms with Crippen molar-refractivity contribution in [3.63, 3.8) is 0 Å². The second-order valence-electron chi connectivity index (χ2n) is 4.32. The van der Waals surface area contributed by atoms with E-state index in [1.165, 1.54) is 5.56 Å². The van der Waals surface area contributed by atoms with Crippen molar-refractivity contribution in [1.82, 2.24) is 4.98 Å². The van der Waals surface area contributed by atoms with E-state index in [0.717, 1.165) is 20.0 Å². The summed E-state index contributed by atoms with van der Waals surface area (Å²) in [5.41, 5.74) is 10.1. The summed E-state index contributed by atoms with van der Waals surface area (Å²) in [6.07, 6.45) is 0. The molecule has 0 aliphatic heterocycles. The number of nitrogen functional groups attached to an aromatic ring is 1. The van der Waals surface area contributed by atoms with Crippen LogP contribution in [0.15, 0.2) is 43.7 Å². The van der Waals surface area contributed by atoms with Crippen LogP contribution in [0.1, 0.15) is 5.56 Å². The molecule has 0 fully saturated rings. The Balaban J connectivity index is 2.22. The minimum Gasteiger partial charge on any atom is -0.436 e. The molecule has 0 bridgehead atoms. The molecule has 19 heavy (non-hydrogen) atoms. The molecule has 96 valence electrons. The maximum Gasteiger partial charge on any atom is 0.227 e. The number of nitrogens with zero attached hydrogens (tertiary/aromatic N) is 1. The number of benzene rings is 2. The highest BCUT2D eigenvalue weighted by Gasteiger charge is 2.14. The van der Waals surface area contributed by atoms with Crippen molar-refractivity contribution < 1.29 is 4.42 Å². The average Bonchev–Trinajstić information content (AvgIpc) is 2.81. The lowest BCUT2D eigenvalue weighted by Crippen LogP contribution is -1.88. The summed E-state index contributed by atoms with van der Waals surface area (Å²) in [7, 11) is 0. The normalized spacial score (nSPS) is 11.1. The van der Waals surface area contributed by atoms with Gasteiger partial charge in [-0.25, -0.2) is 4.98 Å². The monoisotopic (exact) mass is 380 g/mol. The summed E-state index contributed by atoms with van der Waals surface area (Å²) in [6.45, 7) is 2.05. The zero-order valence-corrected chi connectivity index (χ0v) is 13.2. The SMILES string of the molecule is Cc1ccc(-c2nc3c(Br)c(N)c(Br)cc3o2)cc1. The third-order valence-corrected chi connectivity index (χ3v) is 4.37. The molecule has 3 nitrogen and oxygen atoms in total. The predicted molar refractivity (Wildman–Crippen MR) is 84.0 cm³/mol. The van der Waals surface area contributed by atoms with E-state index in [2.05, 4.69) is 36.8 Å². The van der Waals surface area contributed by atoms with E-state index in [4.69, 9.17) is 10.2 Å². The number of aryl methyl sites for hydroxylation is 1.